The van der Waals surface area contributed by atoms with E-state index in [0.29, 0.717) is 0 Å². The van der Waals surface area contributed by atoms with E-state index in [4.69, 9.17) is 9.47 Å². The predicted octanol–water partition coefficient (Wildman–Crippen LogP) is 4.23. The fourth-order valence-electron chi connectivity index (χ4n) is 2.48. The quantitative estimate of drug-likeness (QED) is 0.719. The van der Waals surface area contributed by atoms with Crippen LogP contribution in [0.4, 0.5) is 0 Å². The van der Waals surface area contributed by atoms with Gasteiger partial charge in [-0.2, -0.15) is 0 Å². The van der Waals surface area contributed by atoms with Gasteiger partial charge in [-0.05, 0) is 36.1 Å². The average Bonchev–Trinajstić information content (AvgIpc) is 2.53. The van der Waals surface area contributed by atoms with Crippen LogP contribution in [0.5, 0.6) is 11.5 Å². The smallest absolute Gasteiger partial charge is 0.161 e. The number of methoxy groups -OCH3 is 2. The summed E-state index contributed by atoms with van der Waals surface area (Å²) in [5, 5.41) is 2.12. The highest BCUT2D eigenvalue weighted by Crippen LogP contribution is 2.33. The summed E-state index contributed by atoms with van der Waals surface area (Å²) in [6, 6.07) is 14.3. The van der Waals surface area contributed by atoms with Crippen LogP contribution in [0.15, 0.2) is 48.7 Å². The SMILES string of the molecule is COc1cc2cnc(-c3ccccc3C)cc2cc1OC. The third-order valence-electron chi connectivity index (χ3n) is 3.65. The average molecular weight is 279 g/mol. The molecule has 0 saturated heterocycles. The maximum atomic E-state index is 5.37. The van der Waals surface area contributed by atoms with E-state index < -0.39 is 0 Å². The maximum absolute atomic E-state index is 5.37. The van der Waals surface area contributed by atoms with E-state index >= 15 is 0 Å². The number of pyridine rings is 1. The molecule has 0 aliphatic carbocycles. The van der Waals surface area contributed by atoms with Crippen LogP contribution in [0, 0.1) is 6.92 Å². The van der Waals surface area contributed by atoms with E-state index in [0.717, 1.165) is 33.5 Å². The lowest BCUT2D eigenvalue weighted by atomic mass is 10.0. The molecule has 1 heterocycles. The Kier molecular flexibility index (Phi) is 3.48. The van der Waals surface area contributed by atoms with Gasteiger partial charge < -0.3 is 9.47 Å². The Balaban J connectivity index is 2.18. The van der Waals surface area contributed by atoms with E-state index in [1.165, 1.54) is 5.56 Å². The first-order valence-corrected chi connectivity index (χ1v) is 6.80. The normalized spacial score (nSPS) is 10.6. The van der Waals surface area contributed by atoms with E-state index in [1.54, 1.807) is 14.2 Å². The second kappa shape index (κ2) is 5.44. The molecule has 3 nitrogen and oxygen atoms in total. The lowest BCUT2D eigenvalue weighted by molar-refractivity contribution is 0.356. The highest BCUT2D eigenvalue weighted by atomic mass is 16.5. The van der Waals surface area contributed by atoms with Gasteiger partial charge in [0, 0.05) is 17.1 Å². The van der Waals surface area contributed by atoms with Crippen molar-refractivity contribution in [3.63, 3.8) is 0 Å². The Hall–Kier alpha value is -2.55. The summed E-state index contributed by atoms with van der Waals surface area (Å²) >= 11 is 0. The van der Waals surface area contributed by atoms with Crippen molar-refractivity contribution < 1.29 is 9.47 Å². The van der Waals surface area contributed by atoms with Crippen molar-refractivity contribution >= 4 is 10.8 Å². The molecule has 0 spiro atoms. The highest BCUT2D eigenvalue weighted by molar-refractivity contribution is 5.88. The van der Waals surface area contributed by atoms with Crippen LogP contribution in [0.2, 0.25) is 0 Å². The zero-order valence-corrected chi connectivity index (χ0v) is 12.4. The third kappa shape index (κ3) is 2.42. The third-order valence-corrected chi connectivity index (χ3v) is 3.65. The van der Waals surface area contributed by atoms with Crippen molar-refractivity contribution in [1.29, 1.82) is 0 Å². The molecule has 0 aliphatic rings. The van der Waals surface area contributed by atoms with E-state index in [9.17, 15) is 0 Å². The van der Waals surface area contributed by atoms with Crippen LogP contribution in [0.3, 0.4) is 0 Å². The Morgan fingerprint density at radius 3 is 2.19 bits per heavy atom. The molecule has 1 aromatic heterocycles. The summed E-state index contributed by atoms with van der Waals surface area (Å²) in [6.07, 6.45) is 1.87. The fraction of sp³-hybridized carbons (Fsp3) is 0.167. The van der Waals surface area contributed by atoms with Crippen molar-refractivity contribution in [3.05, 3.63) is 54.2 Å². The number of hydrogen-bond acceptors (Lipinski definition) is 3. The molecule has 3 aromatic rings. The summed E-state index contributed by atoms with van der Waals surface area (Å²) in [6.45, 7) is 2.09. The van der Waals surface area contributed by atoms with Crippen LogP contribution in [-0.4, -0.2) is 19.2 Å². The molecular formula is C18H17NO2. The lowest BCUT2D eigenvalue weighted by Gasteiger charge is -2.10. The van der Waals surface area contributed by atoms with Crippen LogP contribution in [0.25, 0.3) is 22.0 Å². The summed E-state index contributed by atoms with van der Waals surface area (Å²) in [4.78, 5) is 4.57. The molecule has 106 valence electrons. The number of aromatic nitrogens is 1. The molecule has 0 atom stereocenters. The van der Waals surface area contributed by atoms with E-state index in [-0.39, 0.29) is 0 Å². The Labute approximate surface area is 124 Å². The van der Waals surface area contributed by atoms with Crippen molar-refractivity contribution in [3.8, 4) is 22.8 Å². The second-order valence-electron chi connectivity index (χ2n) is 4.94. The number of fused-ring (bicyclic) bond motifs is 1. The molecule has 21 heavy (non-hydrogen) atoms. The predicted molar refractivity (Wildman–Crippen MR) is 85.0 cm³/mol. The minimum atomic E-state index is 0.718. The Bertz CT molecular complexity index is 796. The fourth-order valence-corrected chi connectivity index (χ4v) is 2.48. The van der Waals surface area contributed by atoms with Crippen LogP contribution in [0.1, 0.15) is 5.56 Å². The zero-order chi connectivity index (χ0) is 14.8. The lowest BCUT2D eigenvalue weighted by Crippen LogP contribution is -1.92. The van der Waals surface area contributed by atoms with Crippen LogP contribution < -0.4 is 9.47 Å². The number of ether oxygens (including phenoxy) is 2. The van der Waals surface area contributed by atoms with Gasteiger partial charge in [0.2, 0.25) is 0 Å². The monoisotopic (exact) mass is 279 g/mol. The first-order chi connectivity index (χ1) is 10.2. The standard InChI is InChI=1S/C18H17NO2/c1-12-6-4-5-7-15(12)16-8-13-9-17(20-2)18(21-3)10-14(13)11-19-16/h4-11H,1-3H3. The first kappa shape index (κ1) is 13.4. The largest absolute Gasteiger partial charge is 0.493 e. The number of rotatable bonds is 3. The molecule has 0 radical (unpaired) electrons. The zero-order valence-electron chi connectivity index (χ0n) is 12.4. The molecule has 0 N–H and O–H groups in total. The first-order valence-electron chi connectivity index (χ1n) is 6.80. The Morgan fingerprint density at radius 1 is 0.857 bits per heavy atom. The summed E-state index contributed by atoms with van der Waals surface area (Å²) in [5.41, 5.74) is 3.33. The van der Waals surface area contributed by atoms with Crippen LogP contribution >= 0.6 is 0 Å². The number of aryl methyl sites for hydroxylation is 1. The number of benzene rings is 2. The number of hydrogen-bond donors (Lipinski definition) is 0. The molecule has 2 aromatic carbocycles. The highest BCUT2D eigenvalue weighted by Gasteiger charge is 2.08. The van der Waals surface area contributed by atoms with E-state index in [2.05, 4.69) is 30.1 Å². The topological polar surface area (TPSA) is 31.4 Å². The second-order valence-corrected chi connectivity index (χ2v) is 4.94. The minimum absolute atomic E-state index is 0.718. The summed E-state index contributed by atoms with van der Waals surface area (Å²) < 4.78 is 10.7. The molecule has 0 unspecified atom stereocenters. The molecule has 0 saturated carbocycles. The molecule has 0 bridgehead atoms. The van der Waals surface area contributed by atoms with Gasteiger partial charge in [-0.15, -0.1) is 0 Å². The minimum Gasteiger partial charge on any atom is -0.493 e. The van der Waals surface area contributed by atoms with E-state index in [1.807, 2.05) is 30.5 Å². The van der Waals surface area contributed by atoms with Gasteiger partial charge in [0.25, 0.3) is 0 Å². The van der Waals surface area contributed by atoms with Gasteiger partial charge in [-0.1, -0.05) is 24.3 Å². The van der Waals surface area contributed by atoms with Gasteiger partial charge in [0.15, 0.2) is 11.5 Å². The van der Waals surface area contributed by atoms with Gasteiger partial charge >= 0.3 is 0 Å². The molecule has 3 rings (SSSR count). The van der Waals surface area contributed by atoms with Gasteiger partial charge in [-0.3, -0.25) is 4.98 Å². The molecule has 0 fully saturated rings. The number of nitrogens with zero attached hydrogens (tertiary/aromatic N) is 1. The van der Waals surface area contributed by atoms with Gasteiger partial charge in [0.1, 0.15) is 0 Å². The van der Waals surface area contributed by atoms with Gasteiger partial charge in [-0.25, -0.2) is 0 Å². The van der Waals surface area contributed by atoms with Crippen molar-refractivity contribution in [2.45, 2.75) is 6.92 Å². The summed E-state index contributed by atoms with van der Waals surface area (Å²) in [7, 11) is 3.28. The Morgan fingerprint density at radius 2 is 1.52 bits per heavy atom. The molecule has 3 heteroatoms. The molecular weight excluding hydrogens is 262 g/mol. The molecule has 0 aliphatic heterocycles. The van der Waals surface area contributed by atoms with Crippen molar-refractivity contribution in [2.75, 3.05) is 14.2 Å². The maximum Gasteiger partial charge on any atom is 0.161 e. The van der Waals surface area contributed by atoms with Crippen molar-refractivity contribution in [1.82, 2.24) is 4.98 Å². The van der Waals surface area contributed by atoms with Crippen LogP contribution in [-0.2, 0) is 0 Å². The van der Waals surface area contributed by atoms with Crippen molar-refractivity contribution in [2.24, 2.45) is 0 Å². The summed E-state index contributed by atoms with van der Waals surface area (Å²) in [5.74, 6) is 1.45. The van der Waals surface area contributed by atoms with Gasteiger partial charge in [0.05, 0.1) is 19.9 Å². The molecule has 0 amide bonds.